The van der Waals surface area contributed by atoms with E-state index in [4.69, 9.17) is 34.8 Å². The lowest BCUT2D eigenvalue weighted by Gasteiger charge is -2.27. The number of nitro groups is 1. The summed E-state index contributed by atoms with van der Waals surface area (Å²) in [5.74, 6) is -0.516. The standard InChI is InChI=1S/C14H11Cl3N4O3/c15-14(16,17)13(20-12(22)9-3-2-6-18-8-9)19-10-4-1-5-11(7-10)21(23)24/h1-8,13,19H,(H,20,22)/t13-/m1/s1. The maximum Gasteiger partial charge on any atom is 0.271 e. The van der Waals surface area contributed by atoms with Gasteiger partial charge in [0.2, 0.25) is 3.79 Å². The summed E-state index contributed by atoms with van der Waals surface area (Å²) < 4.78 is -1.90. The Morgan fingerprint density at radius 1 is 1.25 bits per heavy atom. The molecule has 1 aromatic carbocycles. The van der Waals surface area contributed by atoms with Crippen molar-refractivity contribution in [2.45, 2.75) is 9.96 Å². The molecule has 0 saturated heterocycles. The maximum absolute atomic E-state index is 12.2. The SMILES string of the molecule is O=C(N[C@@H](Nc1cccc([N+](=O)[O-])c1)C(Cl)(Cl)Cl)c1cccnc1. The molecule has 7 nitrogen and oxygen atoms in total. The Morgan fingerprint density at radius 2 is 2.00 bits per heavy atom. The number of nitrogens with one attached hydrogen (secondary N) is 2. The highest BCUT2D eigenvalue weighted by Crippen LogP contribution is 2.31. The lowest BCUT2D eigenvalue weighted by molar-refractivity contribution is -0.384. The Balaban J connectivity index is 2.19. The van der Waals surface area contributed by atoms with Crippen LogP contribution in [0, 0.1) is 10.1 Å². The molecule has 2 rings (SSSR count). The van der Waals surface area contributed by atoms with Crippen LogP contribution in [0.25, 0.3) is 0 Å². The van der Waals surface area contributed by atoms with Gasteiger partial charge in [-0.25, -0.2) is 0 Å². The minimum absolute atomic E-state index is 0.137. The van der Waals surface area contributed by atoms with Crippen molar-refractivity contribution in [1.29, 1.82) is 0 Å². The molecule has 0 spiro atoms. The van der Waals surface area contributed by atoms with Crippen molar-refractivity contribution in [2.75, 3.05) is 5.32 Å². The molecule has 0 saturated carbocycles. The number of pyridine rings is 1. The summed E-state index contributed by atoms with van der Waals surface area (Å²) in [6, 6.07) is 8.74. The molecule has 2 aromatic rings. The van der Waals surface area contributed by atoms with E-state index in [9.17, 15) is 14.9 Å². The van der Waals surface area contributed by atoms with E-state index in [2.05, 4.69) is 15.6 Å². The Morgan fingerprint density at radius 3 is 2.58 bits per heavy atom. The van der Waals surface area contributed by atoms with E-state index in [1.807, 2.05) is 0 Å². The monoisotopic (exact) mass is 388 g/mol. The zero-order valence-corrected chi connectivity index (χ0v) is 14.2. The van der Waals surface area contributed by atoms with E-state index in [1.165, 1.54) is 30.6 Å². The van der Waals surface area contributed by atoms with Crippen LogP contribution in [-0.4, -0.2) is 25.8 Å². The zero-order chi connectivity index (χ0) is 17.7. The van der Waals surface area contributed by atoms with Crippen LogP contribution in [0.2, 0.25) is 0 Å². The highest BCUT2D eigenvalue weighted by atomic mass is 35.6. The predicted molar refractivity (Wildman–Crippen MR) is 92.5 cm³/mol. The van der Waals surface area contributed by atoms with Gasteiger partial charge in [0.15, 0.2) is 0 Å². The van der Waals surface area contributed by atoms with Crippen molar-refractivity contribution in [1.82, 2.24) is 10.3 Å². The molecule has 0 aliphatic carbocycles. The number of nitrogens with zero attached hydrogens (tertiary/aromatic N) is 2. The van der Waals surface area contributed by atoms with Crippen LogP contribution < -0.4 is 10.6 Å². The van der Waals surface area contributed by atoms with Crippen molar-refractivity contribution in [3.8, 4) is 0 Å². The second-order valence-corrected chi connectivity index (χ2v) is 7.01. The number of amides is 1. The first kappa shape index (κ1) is 18.3. The molecule has 0 radical (unpaired) electrons. The average molecular weight is 390 g/mol. The van der Waals surface area contributed by atoms with Crippen molar-refractivity contribution in [2.24, 2.45) is 0 Å². The molecule has 0 bridgehead atoms. The minimum atomic E-state index is -1.90. The number of aromatic nitrogens is 1. The summed E-state index contributed by atoms with van der Waals surface area (Å²) in [5.41, 5.74) is 0.450. The third-order valence-corrected chi connectivity index (χ3v) is 3.55. The Bertz CT molecular complexity index is 738. The van der Waals surface area contributed by atoms with Gasteiger partial charge >= 0.3 is 0 Å². The van der Waals surface area contributed by atoms with E-state index in [-0.39, 0.29) is 11.3 Å². The number of nitro benzene ring substituents is 1. The Labute approximate surface area is 152 Å². The fourth-order valence-corrected chi connectivity index (χ4v) is 2.11. The largest absolute Gasteiger partial charge is 0.362 e. The van der Waals surface area contributed by atoms with Crippen molar-refractivity contribution in [3.63, 3.8) is 0 Å². The Kier molecular flexibility index (Phi) is 5.82. The second-order valence-electron chi connectivity index (χ2n) is 4.64. The number of carbonyl (C=O) groups excluding carboxylic acids is 1. The van der Waals surface area contributed by atoms with Crippen LogP contribution in [0.4, 0.5) is 11.4 Å². The van der Waals surface area contributed by atoms with Gasteiger partial charge in [0, 0.05) is 30.2 Å². The molecule has 0 fully saturated rings. The van der Waals surface area contributed by atoms with Crippen molar-refractivity contribution < 1.29 is 9.72 Å². The molecule has 24 heavy (non-hydrogen) atoms. The van der Waals surface area contributed by atoms with Gasteiger partial charge < -0.3 is 10.6 Å². The van der Waals surface area contributed by atoms with E-state index in [0.717, 1.165) is 0 Å². The average Bonchev–Trinajstić information content (AvgIpc) is 2.54. The molecule has 0 aliphatic rings. The minimum Gasteiger partial charge on any atom is -0.362 e. The van der Waals surface area contributed by atoms with Crippen molar-refractivity contribution in [3.05, 3.63) is 64.5 Å². The highest BCUT2D eigenvalue weighted by Gasteiger charge is 2.34. The van der Waals surface area contributed by atoms with E-state index >= 15 is 0 Å². The smallest absolute Gasteiger partial charge is 0.271 e. The van der Waals surface area contributed by atoms with Gasteiger partial charge in [-0.15, -0.1) is 0 Å². The van der Waals surface area contributed by atoms with Crippen LogP contribution in [0.5, 0.6) is 0 Å². The molecule has 1 heterocycles. The molecular formula is C14H11Cl3N4O3. The molecule has 0 aliphatic heterocycles. The molecule has 1 amide bonds. The molecule has 126 valence electrons. The highest BCUT2D eigenvalue weighted by molar-refractivity contribution is 6.68. The predicted octanol–water partition coefficient (Wildman–Crippen LogP) is 3.53. The zero-order valence-electron chi connectivity index (χ0n) is 11.9. The van der Waals surface area contributed by atoms with Gasteiger partial charge in [-0.2, -0.15) is 0 Å². The fraction of sp³-hybridized carbons (Fsp3) is 0.143. The first-order valence-corrected chi connectivity index (χ1v) is 7.69. The van der Waals surface area contributed by atoms with Gasteiger partial charge in [-0.1, -0.05) is 40.9 Å². The number of non-ortho nitro benzene ring substituents is 1. The number of halogens is 3. The van der Waals surface area contributed by atoms with E-state index < -0.39 is 20.8 Å². The van der Waals surface area contributed by atoms with Gasteiger partial charge in [-0.05, 0) is 18.2 Å². The molecule has 1 aromatic heterocycles. The topological polar surface area (TPSA) is 97.2 Å². The van der Waals surface area contributed by atoms with E-state index in [1.54, 1.807) is 18.2 Å². The van der Waals surface area contributed by atoms with Crippen LogP contribution >= 0.6 is 34.8 Å². The summed E-state index contributed by atoms with van der Waals surface area (Å²) in [6.07, 6.45) is 1.75. The molecule has 1 atom stereocenters. The van der Waals surface area contributed by atoms with Gasteiger partial charge in [0.05, 0.1) is 10.5 Å². The van der Waals surface area contributed by atoms with Crippen LogP contribution in [0.1, 0.15) is 10.4 Å². The third kappa shape index (κ3) is 4.95. The number of anilines is 1. The second kappa shape index (κ2) is 7.65. The summed E-state index contributed by atoms with van der Waals surface area (Å²) >= 11 is 17.7. The Hall–Kier alpha value is -2.09. The number of alkyl halides is 3. The first-order chi connectivity index (χ1) is 11.3. The normalized spacial score (nSPS) is 12.3. The number of hydrogen-bond donors (Lipinski definition) is 2. The summed E-state index contributed by atoms with van der Waals surface area (Å²) in [5, 5.41) is 16.1. The van der Waals surface area contributed by atoms with Crippen LogP contribution in [-0.2, 0) is 0 Å². The summed E-state index contributed by atoms with van der Waals surface area (Å²) in [4.78, 5) is 26.3. The third-order valence-electron chi connectivity index (χ3n) is 2.89. The number of carbonyl (C=O) groups is 1. The summed E-state index contributed by atoms with van der Waals surface area (Å²) in [7, 11) is 0. The maximum atomic E-state index is 12.2. The number of benzene rings is 1. The summed E-state index contributed by atoms with van der Waals surface area (Å²) in [6.45, 7) is 0. The lowest BCUT2D eigenvalue weighted by atomic mass is 10.2. The molecule has 0 unspecified atom stereocenters. The molecule has 10 heteroatoms. The first-order valence-electron chi connectivity index (χ1n) is 6.56. The van der Waals surface area contributed by atoms with Crippen LogP contribution in [0.3, 0.4) is 0 Å². The van der Waals surface area contributed by atoms with E-state index in [0.29, 0.717) is 5.69 Å². The number of hydrogen-bond acceptors (Lipinski definition) is 5. The fourth-order valence-electron chi connectivity index (χ4n) is 1.79. The van der Waals surface area contributed by atoms with Gasteiger partial charge in [0.1, 0.15) is 6.17 Å². The number of rotatable bonds is 5. The van der Waals surface area contributed by atoms with Gasteiger partial charge in [0.25, 0.3) is 11.6 Å². The lowest BCUT2D eigenvalue weighted by Crippen LogP contribution is -2.49. The van der Waals surface area contributed by atoms with Crippen molar-refractivity contribution >= 4 is 52.1 Å². The van der Waals surface area contributed by atoms with Gasteiger partial charge in [-0.3, -0.25) is 19.9 Å². The molecule has 2 N–H and O–H groups in total. The molecular weight excluding hydrogens is 379 g/mol. The quantitative estimate of drug-likeness (QED) is 0.353. The van der Waals surface area contributed by atoms with Crippen LogP contribution in [0.15, 0.2) is 48.8 Å².